The monoisotopic (exact) mass is 311 g/mol. The normalized spacial score (nSPS) is 12.7. The first-order valence-electron chi connectivity index (χ1n) is 6.48. The number of aromatic nitrogens is 1. The maximum absolute atomic E-state index is 13.2. The van der Waals surface area contributed by atoms with Crippen molar-refractivity contribution in [2.24, 2.45) is 0 Å². The van der Waals surface area contributed by atoms with E-state index in [0.29, 0.717) is 17.9 Å². The largest absolute Gasteiger partial charge is 1.00 e. The van der Waals surface area contributed by atoms with E-state index in [2.05, 4.69) is 23.3 Å². The minimum Gasteiger partial charge on any atom is -0.521 e. The molecule has 0 fully saturated rings. The van der Waals surface area contributed by atoms with Gasteiger partial charge in [0, 0.05) is 11.5 Å². The molecule has 1 aromatic rings. The van der Waals surface area contributed by atoms with Crippen molar-refractivity contribution in [1.29, 1.82) is 0 Å². The molecular formula is C16H17FN2NaO2-. The van der Waals surface area contributed by atoms with Crippen molar-refractivity contribution < 1.29 is 43.8 Å². The summed E-state index contributed by atoms with van der Waals surface area (Å²) in [6.45, 7) is 5.50. The van der Waals surface area contributed by atoms with Crippen LogP contribution < -0.4 is 34.9 Å². The van der Waals surface area contributed by atoms with Crippen LogP contribution in [0.3, 0.4) is 0 Å². The zero-order valence-corrected chi connectivity index (χ0v) is 14.8. The van der Waals surface area contributed by atoms with Crippen LogP contribution >= 0.6 is 0 Å². The Morgan fingerprint density at radius 3 is 2.82 bits per heavy atom. The second kappa shape index (κ2) is 11.2. The van der Waals surface area contributed by atoms with Crippen LogP contribution in [0.2, 0.25) is 0 Å². The van der Waals surface area contributed by atoms with Gasteiger partial charge in [0.25, 0.3) is 0 Å². The first-order chi connectivity index (χ1) is 10.1. The van der Waals surface area contributed by atoms with Crippen molar-refractivity contribution in [2.45, 2.75) is 19.8 Å². The quantitative estimate of drug-likeness (QED) is 0.644. The number of hydrogen-bond donors (Lipinski definition) is 2. The van der Waals surface area contributed by atoms with Crippen molar-refractivity contribution in [3.8, 4) is 0 Å². The molecule has 2 rings (SSSR count). The average Bonchev–Trinajstić information content (AvgIpc) is 2.64. The molecule has 0 bridgehead atoms. The van der Waals surface area contributed by atoms with Crippen molar-refractivity contribution in [3.05, 3.63) is 66.6 Å². The minimum absolute atomic E-state index is 0. The van der Waals surface area contributed by atoms with Crippen LogP contribution in [0, 0.1) is 13.0 Å². The van der Waals surface area contributed by atoms with Crippen LogP contribution in [0.1, 0.15) is 30.1 Å². The molecule has 22 heavy (non-hydrogen) atoms. The van der Waals surface area contributed by atoms with Crippen LogP contribution in [0.15, 0.2) is 48.1 Å². The Morgan fingerprint density at radius 1 is 1.59 bits per heavy atom. The molecule has 1 aliphatic rings. The number of allylic oxidation sites excluding steroid dienone is 5. The summed E-state index contributed by atoms with van der Waals surface area (Å²) in [4.78, 5) is 14.5. The first kappa shape index (κ1) is 20.6. The number of pyridine rings is 1. The Labute approximate surface area is 152 Å². The van der Waals surface area contributed by atoms with E-state index in [1.54, 1.807) is 12.2 Å². The number of anilines is 1. The Morgan fingerprint density at radius 2 is 2.27 bits per heavy atom. The number of rotatable bonds is 3. The third kappa shape index (κ3) is 7.54. The van der Waals surface area contributed by atoms with E-state index < -0.39 is 5.97 Å². The SMILES string of the molecule is O=C(O)c1[c-]cc(NC2=CC(F)=CCC=C2)nc1.[CH2-]CC.[Na+]. The third-order valence-corrected chi connectivity index (χ3v) is 2.24. The van der Waals surface area contributed by atoms with Crippen LogP contribution in [0.25, 0.3) is 0 Å². The van der Waals surface area contributed by atoms with Gasteiger partial charge >= 0.3 is 29.6 Å². The fraction of sp³-hybridized carbons (Fsp3) is 0.188. The summed E-state index contributed by atoms with van der Waals surface area (Å²) in [6, 6.07) is 3.98. The predicted molar refractivity (Wildman–Crippen MR) is 80.3 cm³/mol. The van der Waals surface area contributed by atoms with Crippen molar-refractivity contribution >= 4 is 11.8 Å². The van der Waals surface area contributed by atoms with Crippen LogP contribution in [-0.2, 0) is 0 Å². The van der Waals surface area contributed by atoms with E-state index in [1.807, 2.05) is 6.92 Å². The maximum Gasteiger partial charge on any atom is 1.00 e. The van der Waals surface area contributed by atoms with Crippen molar-refractivity contribution in [2.75, 3.05) is 5.32 Å². The van der Waals surface area contributed by atoms with Gasteiger partial charge in [0.15, 0.2) is 0 Å². The number of carboxylic acids is 1. The molecule has 4 nitrogen and oxygen atoms in total. The summed E-state index contributed by atoms with van der Waals surface area (Å²) in [5.41, 5.74) is 0.530. The van der Waals surface area contributed by atoms with Crippen molar-refractivity contribution in [1.82, 2.24) is 4.98 Å². The Balaban J connectivity index is 0.00000102. The van der Waals surface area contributed by atoms with Gasteiger partial charge in [0.2, 0.25) is 5.97 Å². The van der Waals surface area contributed by atoms with E-state index in [1.165, 1.54) is 24.4 Å². The summed E-state index contributed by atoms with van der Waals surface area (Å²) in [5.74, 6) is -1.00. The maximum atomic E-state index is 13.2. The van der Waals surface area contributed by atoms with E-state index in [0.717, 1.165) is 6.42 Å². The molecule has 0 spiro atoms. The number of nitrogens with zero attached hydrogens (tertiary/aromatic N) is 1. The topological polar surface area (TPSA) is 62.2 Å². The van der Waals surface area contributed by atoms with Gasteiger partial charge in [-0.05, 0) is 36.4 Å². The van der Waals surface area contributed by atoms with Crippen LogP contribution in [0.4, 0.5) is 10.2 Å². The molecule has 2 N–H and O–H groups in total. The summed E-state index contributed by atoms with van der Waals surface area (Å²) < 4.78 is 13.2. The van der Waals surface area contributed by atoms with Gasteiger partial charge in [-0.25, -0.2) is 4.39 Å². The predicted octanol–water partition coefficient (Wildman–Crippen LogP) is 0.924. The van der Waals surface area contributed by atoms with Gasteiger partial charge in [-0.2, -0.15) is 6.42 Å². The first-order valence-corrected chi connectivity index (χ1v) is 6.48. The molecule has 1 aromatic heterocycles. The molecule has 0 aliphatic heterocycles. The smallest absolute Gasteiger partial charge is 0.521 e. The summed E-state index contributed by atoms with van der Waals surface area (Å²) in [5, 5.41) is 11.6. The molecular weight excluding hydrogens is 294 g/mol. The zero-order chi connectivity index (χ0) is 15.7. The number of halogens is 1. The number of nitrogens with one attached hydrogen (secondary N) is 1. The second-order valence-corrected chi connectivity index (χ2v) is 4.10. The number of aromatic carboxylic acids is 1. The molecule has 0 amide bonds. The van der Waals surface area contributed by atoms with Gasteiger partial charge in [0.1, 0.15) is 5.83 Å². The van der Waals surface area contributed by atoms with E-state index in [4.69, 9.17) is 5.11 Å². The van der Waals surface area contributed by atoms with E-state index in [9.17, 15) is 9.18 Å². The molecule has 0 saturated carbocycles. The third-order valence-electron chi connectivity index (χ3n) is 2.24. The molecule has 6 heteroatoms. The van der Waals surface area contributed by atoms with Gasteiger partial charge in [-0.1, -0.05) is 13.0 Å². The van der Waals surface area contributed by atoms with Gasteiger partial charge in [-0.15, -0.1) is 12.1 Å². The average molecular weight is 311 g/mol. The second-order valence-electron chi connectivity index (χ2n) is 4.10. The van der Waals surface area contributed by atoms with Crippen molar-refractivity contribution in [3.63, 3.8) is 0 Å². The fourth-order valence-electron chi connectivity index (χ4n) is 1.40. The van der Waals surface area contributed by atoms with Gasteiger partial charge in [0.05, 0.1) is 0 Å². The Kier molecular flexibility index (Phi) is 10.5. The van der Waals surface area contributed by atoms with E-state index in [-0.39, 0.29) is 40.9 Å². The molecule has 0 unspecified atom stereocenters. The number of hydrogen-bond acceptors (Lipinski definition) is 3. The summed E-state index contributed by atoms with van der Waals surface area (Å²) in [7, 11) is 0. The Hall–Kier alpha value is -1.43. The molecule has 1 heterocycles. The van der Waals surface area contributed by atoms with Crippen LogP contribution in [0.5, 0.6) is 0 Å². The molecule has 0 aromatic carbocycles. The fourth-order valence-corrected chi connectivity index (χ4v) is 1.40. The molecule has 1 aliphatic carbocycles. The molecule has 0 radical (unpaired) electrons. The molecule has 0 saturated heterocycles. The number of carboxylic acid groups (broad SMARTS) is 1. The zero-order valence-electron chi connectivity index (χ0n) is 12.8. The van der Waals surface area contributed by atoms with Gasteiger partial charge < -0.3 is 27.1 Å². The Bertz CT molecular complexity index is 566. The summed E-state index contributed by atoms with van der Waals surface area (Å²) in [6.07, 6.45) is 9.06. The molecule has 112 valence electrons. The summed E-state index contributed by atoms with van der Waals surface area (Å²) >= 11 is 0. The van der Waals surface area contributed by atoms with Gasteiger partial charge in [-0.3, -0.25) is 0 Å². The van der Waals surface area contributed by atoms with E-state index >= 15 is 0 Å². The number of carbonyl (C=O) groups is 1. The minimum atomic E-state index is -1.09. The molecule has 0 atom stereocenters. The van der Waals surface area contributed by atoms with Crippen LogP contribution in [-0.4, -0.2) is 16.1 Å². The standard InChI is InChI=1S/C13H10FN2O2.C3H7.Na/c14-10-3-1-2-4-11(7-10)16-12-6-5-9(8-15-12)13(17)18;1-3-2;/h2-4,6-8H,1H2,(H,15,16)(H,17,18);1,3H2,2H3;/q2*-1;+1.